The molecule has 1 saturated heterocycles. The van der Waals surface area contributed by atoms with Gasteiger partial charge in [-0.1, -0.05) is 5.16 Å². The lowest BCUT2D eigenvalue weighted by atomic mass is 9.97. The van der Waals surface area contributed by atoms with Gasteiger partial charge in [0.25, 0.3) is 5.91 Å². The monoisotopic (exact) mass is 487 g/mol. The Bertz CT molecular complexity index is 1040. The number of nitrogens with zero attached hydrogens (tertiary/aromatic N) is 3. The normalized spacial score (nSPS) is 13.9. The second-order valence-corrected chi connectivity index (χ2v) is 8.53. The summed E-state index contributed by atoms with van der Waals surface area (Å²) in [4.78, 5) is 40.7. The van der Waals surface area contributed by atoms with Crippen LogP contribution in [0.3, 0.4) is 0 Å². The molecular formula is C25H33N3O7. The highest BCUT2D eigenvalue weighted by molar-refractivity contribution is 5.97. The minimum Gasteiger partial charge on any atom is -0.493 e. The predicted octanol–water partition coefficient (Wildman–Crippen LogP) is 2.75. The van der Waals surface area contributed by atoms with Crippen LogP contribution in [0.15, 0.2) is 22.7 Å². The van der Waals surface area contributed by atoms with Gasteiger partial charge in [0.15, 0.2) is 11.5 Å². The van der Waals surface area contributed by atoms with Gasteiger partial charge < -0.3 is 28.5 Å². The van der Waals surface area contributed by atoms with E-state index in [0.717, 1.165) is 11.3 Å². The standard InChI is InChI=1S/C25H33N3O7/c1-6-33-25(31)18-9-11-28(12-10-18)23(29)14-27(4)24(30)19-7-8-21(22(13-19)32-5)34-15-20-16(2)26-35-17(20)3/h7-8,13,18H,6,9-12,14-15H2,1-5H3. The lowest BCUT2D eigenvalue weighted by Gasteiger charge is -2.32. The molecule has 0 spiro atoms. The molecule has 10 heteroatoms. The van der Waals surface area contributed by atoms with E-state index in [1.807, 2.05) is 13.8 Å². The third kappa shape index (κ3) is 6.32. The Kier molecular flexibility index (Phi) is 8.73. The summed E-state index contributed by atoms with van der Waals surface area (Å²) in [5.74, 6) is 0.717. The minimum absolute atomic E-state index is 0.0600. The van der Waals surface area contributed by atoms with Gasteiger partial charge in [0.05, 0.1) is 37.4 Å². The van der Waals surface area contributed by atoms with Crippen molar-refractivity contribution in [3.8, 4) is 11.5 Å². The molecule has 0 unspecified atom stereocenters. The number of esters is 1. The smallest absolute Gasteiger partial charge is 0.309 e. The van der Waals surface area contributed by atoms with Gasteiger partial charge in [-0.25, -0.2) is 0 Å². The summed E-state index contributed by atoms with van der Waals surface area (Å²) in [6.07, 6.45) is 1.13. The number of carbonyl (C=O) groups is 3. The van der Waals surface area contributed by atoms with Gasteiger partial charge in [-0.3, -0.25) is 14.4 Å². The topological polar surface area (TPSA) is 111 Å². The summed E-state index contributed by atoms with van der Waals surface area (Å²) >= 11 is 0. The van der Waals surface area contributed by atoms with Crippen LogP contribution in [0.2, 0.25) is 0 Å². The first-order valence-corrected chi connectivity index (χ1v) is 11.7. The Hall–Kier alpha value is -3.56. The van der Waals surface area contributed by atoms with E-state index in [4.69, 9.17) is 18.7 Å². The fraction of sp³-hybridized carbons (Fsp3) is 0.520. The van der Waals surface area contributed by atoms with E-state index in [1.54, 1.807) is 37.1 Å². The van der Waals surface area contributed by atoms with E-state index in [0.29, 0.717) is 55.4 Å². The molecule has 0 bridgehead atoms. The van der Waals surface area contributed by atoms with E-state index in [2.05, 4.69) is 5.16 Å². The number of rotatable bonds is 9. The van der Waals surface area contributed by atoms with Gasteiger partial charge in [0.1, 0.15) is 12.4 Å². The molecule has 0 N–H and O–H groups in total. The van der Waals surface area contributed by atoms with Crippen LogP contribution in [0, 0.1) is 19.8 Å². The fourth-order valence-electron chi connectivity index (χ4n) is 4.00. The summed E-state index contributed by atoms with van der Waals surface area (Å²) in [5, 5.41) is 3.92. The van der Waals surface area contributed by atoms with Gasteiger partial charge in [0.2, 0.25) is 5.91 Å². The van der Waals surface area contributed by atoms with Crippen molar-refractivity contribution in [1.29, 1.82) is 0 Å². The van der Waals surface area contributed by atoms with Crippen molar-refractivity contribution < 1.29 is 33.1 Å². The molecule has 1 aliphatic rings. The van der Waals surface area contributed by atoms with Crippen LogP contribution >= 0.6 is 0 Å². The summed E-state index contributed by atoms with van der Waals surface area (Å²) in [6, 6.07) is 4.90. The van der Waals surface area contributed by atoms with Crippen LogP contribution in [0.4, 0.5) is 0 Å². The van der Waals surface area contributed by atoms with Gasteiger partial charge in [-0.2, -0.15) is 0 Å². The highest BCUT2D eigenvalue weighted by atomic mass is 16.5. The molecule has 0 aliphatic carbocycles. The third-order valence-electron chi connectivity index (χ3n) is 6.15. The summed E-state index contributed by atoms with van der Waals surface area (Å²) in [7, 11) is 3.08. The number of likely N-dealkylation sites (N-methyl/N-ethyl adjacent to an activating group) is 1. The third-order valence-corrected chi connectivity index (χ3v) is 6.15. The number of amides is 2. The Morgan fingerprint density at radius 2 is 1.89 bits per heavy atom. The largest absolute Gasteiger partial charge is 0.493 e. The number of carbonyl (C=O) groups excluding carboxylic acids is 3. The second-order valence-electron chi connectivity index (χ2n) is 8.53. The molecule has 0 atom stereocenters. The molecule has 10 nitrogen and oxygen atoms in total. The first kappa shape index (κ1) is 26.1. The maximum Gasteiger partial charge on any atom is 0.309 e. The lowest BCUT2D eigenvalue weighted by molar-refractivity contribution is -0.151. The maximum absolute atomic E-state index is 13.0. The van der Waals surface area contributed by atoms with Crippen molar-refractivity contribution in [3.05, 3.63) is 40.8 Å². The van der Waals surface area contributed by atoms with Crippen molar-refractivity contribution >= 4 is 17.8 Å². The number of hydrogen-bond donors (Lipinski definition) is 0. The molecule has 2 amide bonds. The number of hydrogen-bond acceptors (Lipinski definition) is 8. The van der Waals surface area contributed by atoms with Crippen LogP contribution in [0.1, 0.15) is 47.1 Å². The van der Waals surface area contributed by atoms with Crippen LogP contribution in [-0.2, 0) is 20.9 Å². The van der Waals surface area contributed by atoms with Crippen molar-refractivity contribution in [2.75, 3.05) is 40.4 Å². The zero-order valence-electron chi connectivity index (χ0n) is 21.0. The van der Waals surface area contributed by atoms with Gasteiger partial charge in [-0.15, -0.1) is 0 Å². The number of piperidine rings is 1. The molecule has 1 aromatic carbocycles. The van der Waals surface area contributed by atoms with Crippen molar-refractivity contribution in [3.63, 3.8) is 0 Å². The average Bonchev–Trinajstić information content (AvgIpc) is 3.19. The first-order chi connectivity index (χ1) is 16.7. The average molecular weight is 488 g/mol. The zero-order valence-corrected chi connectivity index (χ0v) is 21.0. The summed E-state index contributed by atoms with van der Waals surface area (Å²) in [5.41, 5.74) is 1.99. The van der Waals surface area contributed by atoms with Crippen LogP contribution in [-0.4, -0.2) is 73.1 Å². The highest BCUT2D eigenvalue weighted by Crippen LogP contribution is 2.30. The lowest BCUT2D eigenvalue weighted by Crippen LogP contribution is -2.45. The molecule has 2 heterocycles. The maximum atomic E-state index is 13.0. The number of aryl methyl sites for hydroxylation is 2. The van der Waals surface area contributed by atoms with Crippen molar-refractivity contribution in [1.82, 2.24) is 15.0 Å². The molecule has 0 radical (unpaired) electrons. The Balaban J connectivity index is 1.57. The number of methoxy groups -OCH3 is 1. The summed E-state index contributed by atoms with van der Waals surface area (Å²) in [6.45, 7) is 6.92. The quantitative estimate of drug-likeness (QED) is 0.497. The van der Waals surface area contributed by atoms with Gasteiger partial charge >= 0.3 is 5.97 Å². The Morgan fingerprint density at radius 1 is 1.17 bits per heavy atom. The van der Waals surface area contributed by atoms with Crippen LogP contribution < -0.4 is 9.47 Å². The zero-order chi connectivity index (χ0) is 25.5. The predicted molar refractivity (Wildman–Crippen MR) is 126 cm³/mol. The molecule has 35 heavy (non-hydrogen) atoms. The first-order valence-electron chi connectivity index (χ1n) is 11.7. The van der Waals surface area contributed by atoms with Crippen molar-refractivity contribution in [2.24, 2.45) is 5.92 Å². The molecular weight excluding hydrogens is 454 g/mol. The van der Waals surface area contributed by atoms with Crippen LogP contribution in [0.25, 0.3) is 0 Å². The molecule has 0 saturated carbocycles. The van der Waals surface area contributed by atoms with E-state index in [-0.39, 0.29) is 36.9 Å². The van der Waals surface area contributed by atoms with E-state index < -0.39 is 0 Å². The van der Waals surface area contributed by atoms with E-state index in [1.165, 1.54) is 12.0 Å². The molecule has 2 aromatic rings. The van der Waals surface area contributed by atoms with Gasteiger partial charge in [-0.05, 0) is 51.8 Å². The Morgan fingerprint density at radius 3 is 2.49 bits per heavy atom. The van der Waals surface area contributed by atoms with Gasteiger partial charge in [0, 0.05) is 25.7 Å². The fourth-order valence-corrected chi connectivity index (χ4v) is 4.00. The number of ether oxygens (including phenoxy) is 3. The number of benzene rings is 1. The van der Waals surface area contributed by atoms with Crippen LogP contribution in [0.5, 0.6) is 11.5 Å². The molecule has 190 valence electrons. The molecule has 3 rings (SSSR count). The summed E-state index contributed by atoms with van der Waals surface area (Å²) < 4.78 is 21.5. The van der Waals surface area contributed by atoms with Crippen molar-refractivity contribution in [2.45, 2.75) is 40.2 Å². The Labute approximate surface area is 205 Å². The van der Waals surface area contributed by atoms with E-state index in [9.17, 15) is 14.4 Å². The minimum atomic E-state index is -0.310. The number of likely N-dealkylation sites (tertiary alicyclic amines) is 1. The second kappa shape index (κ2) is 11.7. The number of aromatic nitrogens is 1. The highest BCUT2D eigenvalue weighted by Gasteiger charge is 2.29. The SMILES string of the molecule is CCOC(=O)C1CCN(C(=O)CN(C)C(=O)c2ccc(OCc3c(C)noc3C)c(OC)c2)CC1. The molecule has 1 aliphatic heterocycles. The van der Waals surface area contributed by atoms with E-state index >= 15 is 0 Å². The molecule has 1 aromatic heterocycles. The molecule has 1 fully saturated rings.